The molecule has 0 bridgehead atoms. The quantitative estimate of drug-likeness (QED) is 0.559. The lowest BCUT2D eigenvalue weighted by Crippen LogP contribution is -2.27. The summed E-state index contributed by atoms with van der Waals surface area (Å²) in [6.07, 6.45) is 0. The van der Waals surface area contributed by atoms with Crippen molar-refractivity contribution in [2.24, 2.45) is 0 Å². The molecule has 0 radical (unpaired) electrons. The van der Waals surface area contributed by atoms with Crippen LogP contribution in [-0.2, 0) is 0 Å². The SMILES string of the molecule is CC(NC(=O)c1cc2c(cc1[N+](=O)[O-])OCO2)c1cccc2ccccc12. The molecule has 0 saturated heterocycles. The smallest absolute Gasteiger partial charge is 0.286 e. The second kappa shape index (κ2) is 6.60. The minimum absolute atomic E-state index is 0.0238. The van der Waals surface area contributed by atoms with Crippen molar-refractivity contribution in [3.8, 4) is 11.5 Å². The molecule has 3 aromatic carbocycles. The third-order valence-corrected chi connectivity index (χ3v) is 4.57. The van der Waals surface area contributed by atoms with E-state index in [0.717, 1.165) is 16.3 Å². The fourth-order valence-corrected chi connectivity index (χ4v) is 3.24. The number of hydrogen-bond acceptors (Lipinski definition) is 5. The number of benzene rings is 3. The summed E-state index contributed by atoms with van der Waals surface area (Å²) >= 11 is 0. The molecule has 27 heavy (non-hydrogen) atoms. The lowest BCUT2D eigenvalue weighted by Gasteiger charge is -2.17. The molecule has 0 aromatic heterocycles. The van der Waals surface area contributed by atoms with Gasteiger partial charge in [0.05, 0.1) is 17.0 Å². The van der Waals surface area contributed by atoms with Gasteiger partial charge in [-0.25, -0.2) is 0 Å². The number of ether oxygens (including phenoxy) is 2. The zero-order valence-corrected chi connectivity index (χ0v) is 14.5. The number of carbonyl (C=O) groups is 1. The zero-order chi connectivity index (χ0) is 19.0. The third-order valence-electron chi connectivity index (χ3n) is 4.57. The van der Waals surface area contributed by atoms with Crippen LogP contribution in [0.1, 0.15) is 28.9 Å². The molecule has 7 nitrogen and oxygen atoms in total. The van der Waals surface area contributed by atoms with E-state index >= 15 is 0 Å². The van der Waals surface area contributed by atoms with Gasteiger partial charge in [-0.3, -0.25) is 14.9 Å². The van der Waals surface area contributed by atoms with Crippen molar-refractivity contribution in [2.75, 3.05) is 6.79 Å². The summed E-state index contributed by atoms with van der Waals surface area (Å²) < 4.78 is 10.4. The highest BCUT2D eigenvalue weighted by atomic mass is 16.7. The van der Waals surface area contributed by atoms with Gasteiger partial charge in [0.25, 0.3) is 11.6 Å². The van der Waals surface area contributed by atoms with Gasteiger partial charge >= 0.3 is 0 Å². The molecule has 0 aliphatic carbocycles. The molecule has 1 aliphatic rings. The standard InChI is InChI=1S/C20H16N2O5/c1-12(14-8-4-6-13-5-2-3-7-15(13)14)21-20(23)16-9-18-19(27-11-26-18)10-17(16)22(24)25/h2-10,12H,11H2,1H3,(H,21,23). The number of fused-ring (bicyclic) bond motifs is 2. The molecular formula is C20H16N2O5. The molecule has 1 heterocycles. The molecule has 1 aliphatic heterocycles. The van der Waals surface area contributed by atoms with E-state index in [1.165, 1.54) is 12.1 Å². The van der Waals surface area contributed by atoms with Crippen molar-refractivity contribution in [1.29, 1.82) is 0 Å². The molecule has 1 unspecified atom stereocenters. The Labute approximate surface area is 154 Å². The highest BCUT2D eigenvalue weighted by Crippen LogP contribution is 2.38. The van der Waals surface area contributed by atoms with Crippen LogP contribution < -0.4 is 14.8 Å². The first-order chi connectivity index (χ1) is 13.0. The van der Waals surface area contributed by atoms with Crippen LogP contribution in [-0.4, -0.2) is 17.6 Å². The van der Waals surface area contributed by atoms with Crippen molar-refractivity contribution in [3.05, 3.63) is 75.8 Å². The van der Waals surface area contributed by atoms with Gasteiger partial charge in [0.15, 0.2) is 11.5 Å². The van der Waals surface area contributed by atoms with Gasteiger partial charge in [-0.15, -0.1) is 0 Å². The first-order valence-corrected chi connectivity index (χ1v) is 8.41. The Morgan fingerprint density at radius 1 is 1.11 bits per heavy atom. The van der Waals surface area contributed by atoms with Gasteiger partial charge in [-0.2, -0.15) is 0 Å². The van der Waals surface area contributed by atoms with E-state index in [4.69, 9.17) is 9.47 Å². The maximum absolute atomic E-state index is 12.8. The van der Waals surface area contributed by atoms with Crippen LogP contribution in [0, 0.1) is 10.1 Å². The topological polar surface area (TPSA) is 90.7 Å². The number of hydrogen-bond donors (Lipinski definition) is 1. The molecule has 0 spiro atoms. The van der Waals surface area contributed by atoms with E-state index in [1.807, 2.05) is 49.4 Å². The Morgan fingerprint density at radius 2 is 1.81 bits per heavy atom. The van der Waals surface area contributed by atoms with Crippen LogP contribution in [0.5, 0.6) is 11.5 Å². The lowest BCUT2D eigenvalue weighted by atomic mass is 9.99. The number of nitro benzene ring substituents is 1. The summed E-state index contributed by atoms with van der Waals surface area (Å²) in [5.41, 5.74) is 0.558. The summed E-state index contributed by atoms with van der Waals surface area (Å²) in [6.45, 7) is 1.82. The molecule has 136 valence electrons. The minimum Gasteiger partial charge on any atom is -0.454 e. The van der Waals surface area contributed by atoms with E-state index in [2.05, 4.69) is 5.32 Å². The summed E-state index contributed by atoms with van der Waals surface area (Å²) in [4.78, 5) is 23.6. The normalized spacial score (nSPS) is 13.4. The fraction of sp³-hybridized carbons (Fsp3) is 0.150. The Morgan fingerprint density at radius 3 is 2.59 bits per heavy atom. The molecule has 0 saturated carbocycles. The van der Waals surface area contributed by atoms with Crippen LogP contribution in [0.25, 0.3) is 10.8 Å². The van der Waals surface area contributed by atoms with Crippen LogP contribution in [0.15, 0.2) is 54.6 Å². The molecule has 4 rings (SSSR count). The van der Waals surface area contributed by atoms with Gasteiger partial charge in [-0.1, -0.05) is 42.5 Å². The molecule has 1 atom stereocenters. The van der Waals surface area contributed by atoms with E-state index in [0.29, 0.717) is 5.75 Å². The third kappa shape index (κ3) is 3.03. The summed E-state index contributed by atoms with van der Waals surface area (Å²) in [5, 5.41) is 16.3. The Kier molecular flexibility index (Phi) is 4.12. The van der Waals surface area contributed by atoms with Crippen molar-refractivity contribution >= 4 is 22.4 Å². The monoisotopic (exact) mass is 364 g/mol. The predicted molar refractivity (Wildman–Crippen MR) is 99.0 cm³/mol. The molecule has 3 aromatic rings. The molecule has 7 heteroatoms. The second-order valence-corrected chi connectivity index (χ2v) is 6.24. The fourth-order valence-electron chi connectivity index (χ4n) is 3.24. The summed E-state index contributed by atoms with van der Waals surface area (Å²) in [7, 11) is 0. The van der Waals surface area contributed by atoms with E-state index in [1.54, 1.807) is 0 Å². The van der Waals surface area contributed by atoms with Crippen LogP contribution >= 0.6 is 0 Å². The van der Waals surface area contributed by atoms with Gasteiger partial charge < -0.3 is 14.8 Å². The Bertz CT molecular complexity index is 1060. The molecule has 1 N–H and O–H groups in total. The summed E-state index contributed by atoms with van der Waals surface area (Å²) in [6, 6.07) is 15.9. The zero-order valence-electron chi connectivity index (χ0n) is 14.5. The number of nitrogens with one attached hydrogen (secondary N) is 1. The van der Waals surface area contributed by atoms with Gasteiger partial charge in [-0.05, 0) is 23.3 Å². The van der Waals surface area contributed by atoms with Gasteiger partial charge in [0.1, 0.15) is 5.56 Å². The maximum atomic E-state index is 12.8. The second-order valence-electron chi connectivity index (χ2n) is 6.24. The van der Waals surface area contributed by atoms with E-state index in [-0.39, 0.29) is 29.8 Å². The van der Waals surface area contributed by atoms with Crippen molar-refractivity contribution < 1.29 is 19.2 Å². The molecule has 0 fully saturated rings. The highest BCUT2D eigenvalue weighted by molar-refractivity contribution is 5.99. The van der Waals surface area contributed by atoms with Crippen molar-refractivity contribution in [3.63, 3.8) is 0 Å². The summed E-state index contributed by atoms with van der Waals surface area (Å²) in [5.74, 6) is 0.0457. The largest absolute Gasteiger partial charge is 0.454 e. The number of carbonyl (C=O) groups excluding carboxylic acids is 1. The van der Waals surface area contributed by atoms with E-state index < -0.39 is 10.8 Å². The maximum Gasteiger partial charge on any atom is 0.286 e. The number of amides is 1. The Balaban J connectivity index is 1.67. The van der Waals surface area contributed by atoms with E-state index in [9.17, 15) is 14.9 Å². The average molecular weight is 364 g/mol. The van der Waals surface area contributed by atoms with Gasteiger partial charge in [0, 0.05) is 6.07 Å². The highest BCUT2D eigenvalue weighted by Gasteiger charge is 2.28. The number of nitrogens with zero attached hydrogens (tertiary/aromatic N) is 1. The number of rotatable bonds is 4. The van der Waals surface area contributed by atoms with Crippen molar-refractivity contribution in [1.82, 2.24) is 5.32 Å². The molecular weight excluding hydrogens is 348 g/mol. The number of nitro groups is 1. The molecule has 1 amide bonds. The van der Waals surface area contributed by atoms with Crippen molar-refractivity contribution in [2.45, 2.75) is 13.0 Å². The lowest BCUT2D eigenvalue weighted by molar-refractivity contribution is -0.385. The van der Waals surface area contributed by atoms with Crippen LogP contribution in [0.3, 0.4) is 0 Å². The van der Waals surface area contributed by atoms with Crippen LogP contribution in [0.4, 0.5) is 5.69 Å². The first-order valence-electron chi connectivity index (χ1n) is 8.41. The minimum atomic E-state index is -0.598. The first kappa shape index (κ1) is 16.8. The average Bonchev–Trinajstić information content (AvgIpc) is 3.14. The van der Waals surface area contributed by atoms with Crippen LogP contribution in [0.2, 0.25) is 0 Å². The van der Waals surface area contributed by atoms with Gasteiger partial charge in [0.2, 0.25) is 6.79 Å². The predicted octanol–water partition coefficient (Wildman–Crippen LogP) is 3.97. The Hall–Kier alpha value is -3.61.